The van der Waals surface area contributed by atoms with E-state index in [9.17, 15) is 19.2 Å². The van der Waals surface area contributed by atoms with E-state index >= 15 is 0 Å². The number of aromatic carboxylic acids is 1. The predicted molar refractivity (Wildman–Crippen MR) is 89.1 cm³/mol. The molecule has 2 amide bonds. The van der Waals surface area contributed by atoms with Crippen LogP contribution in [-0.4, -0.2) is 46.2 Å². The molecule has 1 unspecified atom stereocenters. The molecule has 130 valence electrons. The molecular formula is C18H18N2O5. The van der Waals surface area contributed by atoms with Crippen molar-refractivity contribution in [3.63, 3.8) is 0 Å². The fourth-order valence-electron chi connectivity index (χ4n) is 3.22. The third-order valence-electron chi connectivity index (χ3n) is 4.50. The van der Waals surface area contributed by atoms with Crippen LogP contribution in [0.2, 0.25) is 0 Å². The van der Waals surface area contributed by atoms with Crippen molar-refractivity contribution in [1.82, 2.24) is 4.90 Å². The normalized spacial score (nSPS) is 19.4. The van der Waals surface area contributed by atoms with Crippen LogP contribution in [0.15, 0.2) is 35.9 Å². The Morgan fingerprint density at radius 2 is 1.92 bits per heavy atom. The highest BCUT2D eigenvalue weighted by Crippen LogP contribution is 2.30. The highest BCUT2D eigenvalue weighted by molar-refractivity contribution is 6.07. The van der Waals surface area contributed by atoms with Crippen LogP contribution in [0.1, 0.15) is 36.0 Å². The number of ketones is 1. The van der Waals surface area contributed by atoms with E-state index in [1.807, 2.05) is 0 Å². The minimum absolute atomic E-state index is 0.0232. The summed E-state index contributed by atoms with van der Waals surface area (Å²) in [6.45, 7) is 0.246. The molecular weight excluding hydrogens is 324 g/mol. The van der Waals surface area contributed by atoms with E-state index in [4.69, 9.17) is 5.11 Å². The summed E-state index contributed by atoms with van der Waals surface area (Å²) in [5.74, 6) is -1.49. The van der Waals surface area contributed by atoms with Crippen molar-refractivity contribution >= 4 is 29.3 Å². The molecule has 1 heterocycles. The summed E-state index contributed by atoms with van der Waals surface area (Å²) in [6.07, 6.45) is 3.50. The van der Waals surface area contributed by atoms with Gasteiger partial charge in [0.1, 0.15) is 0 Å². The highest BCUT2D eigenvalue weighted by Gasteiger charge is 2.38. The van der Waals surface area contributed by atoms with Crippen molar-refractivity contribution in [1.29, 1.82) is 0 Å². The molecule has 7 heteroatoms. The van der Waals surface area contributed by atoms with Crippen LogP contribution < -0.4 is 5.32 Å². The number of Topliss-reactive ketones (excluding diaryl/α,β-unsaturated/α-hetero) is 1. The Labute approximate surface area is 144 Å². The van der Waals surface area contributed by atoms with Gasteiger partial charge in [0.05, 0.1) is 11.6 Å². The van der Waals surface area contributed by atoms with Crippen molar-refractivity contribution in [2.75, 3.05) is 11.9 Å². The summed E-state index contributed by atoms with van der Waals surface area (Å²) in [5.41, 5.74) is 1.21. The second-order valence-corrected chi connectivity index (χ2v) is 6.14. The molecule has 2 aliphatic rings. The lowest BCUT2D eigenvalue weighted by Gasteiger charge is -2.29. The minimum atomic E-state index is -1.03. The Hall–Kier alpha value is -2.96. The minimum Gasteiger partial charge on any atom is -0.478 e. The van der Waals surface area contributed by atoms with E-state index in [-0.39, 0.29) is 42.2 Å². The van der Waals surface area contributed by atoms with Gasteiger partial charge in [-0.1, -0.05) is 0 Å². The van der Waals surface area contributed by atoms with Crippen molar-refractivity contribution < 1.29 is 24.3 Å². The van der Waals surface area contributed by atoms with Gasteiger partial charge in [0.2, 0.25) is 11.8 Å². The Morgan fingerprint density at radius 3 is 2.60 bits per heavy atom. The van der Waals surface area contributed by atoms with Crippen molar-refractivity contribution in [3.8, 4) is 0 Å². The van der Waals surface area contributed by atoms with Gasteiger partial charge in [-0.25, -0.2) is 4.79 Å². The highest BCUT2D eigenvalue weighted by atomic mass is 16.4. The zero-order valence-corrected chi connectivity index (χ0v) is 13.5. The molecule has 0 radical (unpaired) electrons. The molecule has 1 fully saturated rings. The van der Waals surface area contributed by atoms with Crippen molar-refractivity contribution in [3.05, 3.63) is 41.5 Å². The molecule has 7 nitrogen and oxygen atoms in total. The number of nitrogens with one attached hydrogen (secondary N) is 1. The number of amides is 2. The first-order valence-corrected chi connectivity index (χ1v) is 8.14. The Kier molecular flexibility index (Phi) is 4.65. The summed E-state index contributed by atoms with van der Waals surface area (Å²) in [5, 5.41) is 11.5. The number of carboxylic acids is 1. The predicted octanol–water partition coefficient (Wildman–Crippen LogP) is 1.60. The second-order valence-electron chi connectivity index (χ2n) is 6.14. The molecule has 2 N–H and O–H groups in total. The monoisotopic (exact) mass is 342 g/mol. The average Bonchev–Trinajstić information content (AvgIpc) is 2.90. The molecule has 3 rings (SSSR count). The summed E-state index contributed by atoms with van der Waals surface area (Å²) < 4.78 is 0. The Balaban J connectivity index is 1.55. The summed E-state index contributed by atoms with van der Waals surface area (Å²) in [7, 11) is 0. The van der Waals surface area contributed by atoms with E-state index in [0.29, 0.717) is 17.7 Å². The van der Waals surface area contributed by atoms with Gasteiger partial charge in [-0.05, 0) is 37.1 Å². The number of benzene rings is 1. The molecule has 1 aromatic carbocycles. The van der Waals surface area contributed by atoms with Gasteiger partial charge in [-0.2, -0.15) is 0 Å². The first-order chi connectivity index (χ1) is 12.0. The lowest BCUT2D eigenvalue weighted by atomic mass is 9.90. The Bertz CT molecular complexity index is 766. The molecule has 1 atom stereocenters. The maximum absolute atomic E-state index is 12.1. The van der Waals surface area contributed by atoms with E-state index in [1.165, 1.54) is 30.3 Å². The van der Waals surface area contributed by atoms with E-state index < -0.39 is 5.97 Å². The second kappa shape index (κ2) is 6.88. The lowest BCUT2D eigenvalue weighted by molar-refractivity contribution is -0.127. The van der Waals surface area contributed by atoms with Crippen LogP contribution >= 0.6 is 0 Å². The Morgan fingerprint density at radius 1 is 1.20 bits per heavy atom. The van der Waals surface area contributed by atoms with E-state index in [1.54, 1.807) is 4.90 Å². The van der Waals surface area contributed by atoms with Gasteiger partial charge in [0, 0.05) is 36.7 Å². The van der Waals surface area contributed by atoms with Gasteiger partial charge in [-0.3, -0.25) is 14.4 Å². The standard InChI is InChI=1S/C18H18N2O5/c21-15-3-1-2-14-13(15)10-17(23)20(14)9-8-16(22)19-12-6-4-11(5-7-12)18(24)25/h4-7,10,14H,1-3,8-9H2,(H,19,22)(H,24,25). The van der Waals surface area contributed by atoms with E-state index in [0.717, 1.165) is 12.8 Å². The number of hydrogen-bond donors (Lipinski definition) is 2. The molecule has 1 saturated carbocycles. The third kappa shape index (κ3) is 3.60. The van der Waals surface area contributed by atoms with Crippen LogP contribution in [0, 0.1) is 0 Å². The number of carbonyl (C=O) groups is 4. The maximum Gasteiger partial charge on any atom is 0.335 e. The maximum atomic E-state index is 12.1. The molecule has 0 aromatic heterocycles. The fraction of sp³-hybridized carbons (Fsp3) is 0.333. The first-order valence-electron chi connectivity index (χ1n) is 8.14. The summed E-state index contributed by atoms with van der Waals surface area (Å²) in [4.78, 5) is 48.4. The lowest BCUT2D eigenvalue weighted by Crippen LogP contribution is -2.40. The number of fused-ring (bicyclic) bond motifs is 1. The van der Waals surface area contributed by atoms with Gasteiger partial charge in [0.15, 0.2) is 5.78 Å². The molecule has 0 saturated heterocycles. The molecule has 1 aromatic rings. The molecule has 0 bridgehead atoms. The number of carboxylic acid groups (broad SMARTS) is 1. The fourth-order valence-corrected chi connectivity index (χ4v) is 3.22. The number of rotatable bonds is 5. The van der Waals surface area contributed by atoms with Crippen LogP contribution in [0.4, 0.5) is 5.69 Å². The topological polar surface area (TPSA) is 104 Å². The third-order valence-corrected chi connectivity index (χ3v) is 4.50. The quantitative estimate of drug-likeness (QED) is 0.846. The number of carbonyl (C=O) groups excluding carboxylic acids is 3. The van der Waals surface area contributed by atoms with Gasteiger partial charge < -0.3 is 15.3 Å². The van der Waals surface area contributed by atoms with Gasteiger partial charge in [-0.15, -0.1) is 0 Å². The number of hydrogen-bond acceptors (Lipinski definition) is 4. The van der Waals surface area contributed by atoms with Gasteiger partial charge in [0.25, 0.3) is 0 Å². The first kappa shape index (κ1) is 16.9. The number of anilines is 1. The van der Waals surface area contributed by atoms with Crippen molar-refractivity contribution in [2.45, 2.75) is 31.7 Å². The van der Waals surface area contributed by atoms with E-state index in [2.05, 4.69) is 5.32 Å². The van der Waals surface area contributed by atoms with Gasteiger partial charge >= 0.3 is 5.97 Å². The zero-order valence-electron chi connectivity index (χ0n) is 13.5. The SMILES string of the molecule is O=C(CCN1C(=O)C=C2C(=O)CCCC21)Nc1ccc(C(=O)O)cc1. The summed E-state index contributed by atoms with van der Waals surface area (Å²) in [6, 6.07) is 5.65. The molecule has 1 aliphatic heterocycles. The van der Waals surface area contributed by atoms with Crippen LogP contribution in [0.25, 0.3) is 0 Å². The molecule has 25 heavy (non-hydrogen) atoms. The largest absolute Gasteiger partial charge is 0.478 e. The average molecular weight is 342 g/mol. The molecule has 1 aliphatic carbocycles. The molecule has 0 spiro atoms. The van der Waals surface area contributed by atoms with Crippen LogP contribution in [-0.2, 0) is 14.4 Å². The van der Waals surface area contributed by atoms with Crippen LogP contribution in [0.5, 0.6) is 0 Å². The zero-order chi connectivity index (χ0) is 18.0. The van der Waals surface area contributed by atoms with Crippen molar-refractivity contribution in [2.24, 2.45) is 0 Å². The smallest absolute Gasteiger partial charge is 0.335 e. The number of nitrogens with zero attached hydrogens (tertiary/aromatic N) is 1. The summed E-state index contributed by atoms with van der Waals surface area (Å²) >= 11 is 0. The van der Waals surface area contributed by atoms with Crippen LogP contribution in [0.3, 0.4) is 0 Å².